The smallest absolute Gasteiger partial charge is 0.0726 e. The van der Waals surface area contributed by atoms with E-state index in [-0.39, 0.29) is 6.04 Å². The van der Waals surface area contributed by atoms with Gasteiger partial charge in [0.2, 0.25) is 0 Å². The summed E-state index contributed by atoms with van der Waals surface area (Å²) in [7, 11) is 0. The Bertz CT molecular complexity index is 682. The van der Waals surface area contributed by atoms with E-state index in [1.807, 2.05) is 42.6 Å². The standard InChI is InChI=1S/C15H14N4/c16-19-15(11-5-7-17-8-6-11)13-9-12-3-1-2-4-14(12)18-10-13/h1-10,15,19H,16H2. The summed E-state index contributed by atoms with van der Waals surface area (Å²) in [6.07, 6.45) is 5.37. The van der Waals surface area contributed by atoms with Crippen LogP contribution in [0.25, 0.3) is 10.9 Å². The summed E-state index contributed by atoms with van der Waals surface area (Å²) in [4.78, 5) is 8.49. The molecule has 94 valence electrons. The first-order valence-electron chi connectivity index (χ1n) is 6.09. The van der Waals surface area contributed by atoms with Crippen LogP contribution in [-0.4, -0.2) is 9.97 Å². The van der Waals surface area contributed by atoms with Gasteiger partial charge < -0.3 is 0 Å². The number of hydrogen-bond acceptors (Lipinski definition) is 4. The molecule has 2 aromatic heterocycles. The van der Waals surface area contributed by atoms with E-state index in [0.717, 1.165) is 22.0 Å². The van der Waals surface area contributed by atoms with Crippen LogP contribution in [0.3, 0.4) is 0 Å². The number of hydrogen-bond donors (Lipinski definition) is 2. The lowest BCUT2D eigenvalue weighted by Crippen LogP contribution is -2.28. The number of rotatable bonds is 3. The molecule has 0 amide bonds. The molecule has 0 saturated carbocycles. The fourth-order valence-corrected chi connectivity index (χ4v) is 2.19. The number of para-hydroxylation sites is 1. The van der Waals surface area contributed by atoms with Crippen molar-refractivity contribution in [3.05, 3.63) is 72.2 Å². The van der Waals surface area contributed by atoms with Gasteiger partial charge in [-0.05, 0) is 35.4 Å². The largest absolute Gasteiger partial charge is 0.271 e. The Morgan fingerprint density at radius 3 is 2.58 bits per heavy atom. The van der Waals surface area contributed by atoms with Gasteiger partial charge in [0.05, 0.1) is 11.6 Å². The van der Waals surface area contributed by atoms with Crippen LogP contribution in [0, 0.1) is 0 Å². The Balaban J connectivity index is 2.06. The highest BCUT2D eigenvalue weighted by atomic mass is 15.2. The van der Waals surface area contributed by atoms with Crippen molar-refractivity contribution in [3.63, 3.8) is 0 Å². The number of nitrogens with one attached hydrogen (secondary N) is 1. The van der Waals surface area contributed by atoms with Crippen LogP contribution in [0.4, 0.5) is 0 Å². The average molecular weight is 250 g/mol. The molecule has 3 rings (SSSR count). The van der Waals surface area contributed by atoms with E-state index in [9.17, 15) is 0 Å². The van der Waals surface area contributed by atoms with Gasteiger partial charge in [0, 0.05) is 24.0 Å². The minimum absolute atomic E-state index is 0.0832. The maximum Gasteiger partial charge on any atom is 0.0726 e. The van der Waals surface area contributed by atoms with Crippen molar-refractivity contribution in [1.82, 2.24) is 15.4 Å². The fraction of sp³-hybridized carbons (Fsp3) is 0.0667. The molecule has 3 aromatic rings. The molecular weight excluding hydrogens is 236 g/mol. The monoisotopic (exact) mass is 250 g/mol. The molecule has 19 heavy (non-hydrogen) atoms. The van der Waals surface area contributed by atoms with Gasteiger partial charge in [-0.3, -0.25) is 15.8 Å². The molecule has 0 bridgehead atoms. The van der Waals surface area contributed by atoms with Crippen LogP contribution in [0.2, 0.25) is 0 Å². The minimum Gasteiger partial charge on any atom is -0.271 e. The maximum absolute atomic E-state index is 5.68. The van der Waals surface area contributed by atoms with Gasteiger partial charge >= 0.3 is 0 Å². The summed E-state index contributed by atoms with van der Waals surface area (Å²) in [6, 6.07) is 13.9. The zero-order valence-corrected chi connectivity index (χ0v) is 10.3. The summed E-state index contributed by atoms with van der Waals surface area (Å²) in [5.41, 5.74) is 5.91. The van der Waals surface area contributed by atoms with Crippen LogP contribution in [-0.2, 0) is 0 Å². The molecule has 0 radical (unpaired) electrons. The first kappa shape index (κ1) is 11.8. The van der Waals surface area contributed by atoms with Crippen molar-refractivity contribution in [2.24, 2.45) is 5.84 Å². The van der Waals surface area contributed by atoms with Gasteiger partial charge in [-0.25, -0.2) is 5.43 Å². The van der Waals surface area contributed by atoms with Crippen LogP contribution in [0.5, 0.6) is 0 Å². The van der Waals surface area contributed by atoms with Crippen LogP contribution >= 0.6 is 0 Å². The van der Waals surface area contributed by atoms with Crippen molar-refractivity contribution in [2.45, 2.75) is 6.04 Å². The molecule has 0 aliphatic heterocycles. The summed E-state index contributed by atoms with van der Waals surface area (Å²) in [5, 5.41) is 1.11. The van der Waals surface area contributed by atoms with E-state index in [2.05, 4.69) is 21.5 Å². The number of aromatic nitrogens is 2. The van der Waals surface area contributed by atoms with Gasteiger partial charge in [-0.15, -0.1) is 0 Å². The number of fused-ring (bicyclic) bond motifs is 1. The molecule has 1 atom stereocenters. The third kappa shape index (κ3) is 2.31. The van der Waals surface area contributed by atoms with Crippen molar-refractivity contribution in [3.8, 4) is 0 Å². The van der Waals surface area contributed by atoms with Crippen LogP contribution in [0.1, 0.15) is 17.2 Å². The van der Waals surface area contributed by atoms with E-state index in [4.69, 9.17) is 5.84 Å². The van der Waals surface area contributed by atoms with E-state index in [0.29, 0.717) is 0 Å². The molecule has 0 aliphatic carbocycles. The minimum atomic E-state index is -0.0832. The first-order valence-corrected chi connectivity index (χ1v) is 6.09. The molecule has 0 saturated heterocycles. The summed E-state index contributed by atoms with van der Waals surface area (Å²) < 4.78 is 0. The second-order valence-electron chi connectivity index (χ2n) is 4.34. The number of nitrogens with two attached hydrogens (primary N) is 1. The van der Waals surface area contributed by atoms with Crippen molar-refractivity contribution < 1.29 is 0 Å². The molecule has 0 fully saturated rings. The molecule has 4 heteroatoms. The van der Waals surface area contributed by atoms with Gasteiger partial charge in [0.15, 0.2) is 0 Å². The van der Waals surface area contributed by atoms with E-state index in [1.54, 1.807) is 12.4 Å². The lowest BCUT2D eigenvalue weighted by Gasteiger charge is -2.16. The molecule has 1 unspecified atom stereocenters. The van der Waals surface area contributed by atoms with Crippen molar-refractivity contribution in [2.75, 3.05) is 0 Å². The third-order valence-corrected chi connectivity index (χ3v) is 3.15. The van der Waals surface area contributed by atoms with Crippen LogP contribution < -0.4 is 11.3 Å². The third-order valence-electron chi connectivity index (χ3n) is 3.15. The second kappa shape index (κ2) is 5.14. The molecule has 0 spiro atoms. The fourth-order valence-electron chi connectivity index (χ4n) is 2.19. The predicted molar refractivity (Wildman–Crippen MR) is 75.1 cm³/mol. The average Bonchev–Trinajstić information content (AvgIpc) is 2.49. The summed E-state index contributed by atoms with van der Waals surface area (Å²) >= 11 is 0. The molecular formula is C15H14N4. The molecule has 4 nitrogen and oxygen atoms in total. The van der Waals surface area contributed by atoms with Crippen molar-refractivity contribution in [1.29, 1.82) is 0 Å². The number of hydrazine groups is 1. The SMILES string of the molecule is NNC(c1ccncc1)c1cnc2ccccc2c1. The highest BCUT2D eigenvalue weighted by molar-refractivity contribution is 5.78. The van der Waals surface area contributed by atoms with E-state index < -0.39 is 0 Å². The van der Waals surface area contributed by atoms with Gasteiger partial charge in [0.25, 0.3) is 0 Å². The highest BCUT2D eigenvalue weighted by Gasteiger charge is 2.12. The Kier molecular flexibility index (Phi) is 3.18. The second-order valence-corrected chi connectivity index (χ2v) is 4.34. The van der Waals surface area contributed by atoms with Crippen LogP contribution in [0.15, 0.2) is 61.1 Å². The Morgan fingerprint density at radius 2 is 1.79 bits per heavy atom. The predicted octanol–water partition coefficient (Wildman–Crippen LogP) is 2.18. The zero-order chi connectivity index (χ0) is 13.1. The first-order chi connectivity index (χ1) is 9.38. The number of pyridine rings is 2. The van der Waals surface area contributed by atoms with Gasteiger partial charge in [-0.2, -0.15) is 0 Å². The normalized spacial score (nSPS) is 12.5. The van der Waals surface area contributed by atoms with Gasteiger partial charge in [-0.1, -0.05) is 18.2 Å². The van der Waals surface area contributed by atoms with Gasteiger partial charge in [0.1, 0.15) is 0 Å². The Hall–Kier alpha value is -2.30. The molecule has 1 aromatic carbocycles. The quantitative estimate of drug-likeness (QED) is 0.552. The van der Waals surface area contributed by atoms with E-state index in [1.165, 1.54) is 0 Å². The number of nitrogens with zero attached hydrogens (tertiary/aromatic N) is 2. The maximum atomic E-state index is 5.68. The lowest BCUT2D eigenvalue weighted by molar-refractivity contribution is 0.635. The summed E-state index contributed by atoms with van der Waals surface area (Å²) in [6.45, 7) is 0. The van der Waals surface area contributed by atoms with Crippen molar-refractivity contribution >= 4 is 10.9 Å². The number of benzene rings is 1. The molecule has 2 heterocycles. The zero-order valence-electron chi connectivity index (χ0n) is 10.3. The molecule has 3 N–H and O–H groups in total. The topological polar surface area (TPSA) is 63.8 Å². The lowest BCUT2D eigenvalue weighted by atomic mass is 10.0. The Morgan fingerprint density at radius 1 is 1.00 bits per heavy atom. The highest BCUT2D eigenvalue weighted by Crippen LogP contribution is 2.23. The Labute approximate surface area is 111 Å². The summed E-state index contributed by atoms with van der Waals surface area (Å²) in [5.74, 6) is 5.68. The van der Waals surface area contributed by atoms with E-state index >= 15 is 0 Å². The molecule has 0 aliphatic rings.